The second kappa shape index (κ2) is 6.49. The number of thioether (sulfide) groups is 1. The highest BCUT2D eigenvalue weighted by atomic mass is 32.2. The fourth-order valence-electron chi connectivity index (χ4n) is 2.31. The third-order valence-corrected chi connectivity index (χ3v) is 4.70. The van der Waals surface area contributed by atoms with E-state index >= 15 is 0 Å². The van der Waals surface area contributed by atoms with E-state index in [0.717, 1.165) is 28.4 Å². The number of rotatable bonds is 3. The second-order valence-electron chi connectivity index (χ2n) is 4.78. The number of benzene rings is 1. The summed E-state index contributed by atoms with van der Waals surface area (Å²) in [5.74, 6) is 1.61. The van der Waals surface area contributed by atoms with Crippen LogP contribution in [-0.4, -0.2) is 10.9 Å². The van der Waals surface area contributed by atoms with Crippen LogP contribution in [0.1, 0.15) is 23.8 Å². The molecular formula is C15H15FN2OS2. The van der Waals surface area contributed by atoms with Gasteiger partial charge in [-0.15, -0.1) is 11.8 Å². The summed E-state index contributed by atoms with van der Waals surface area (Å²) in [7, 11) is 0. The number of hydrogen-bond acceptors (Lipinski definition) is 3. The molecule has 2 N–H and O–H groups in total. The van der Waals surface area contributed by atoms with E-state index in [4.69, 9.17) is 16.6 Å². The topological polar surface area (TPSA) is 37.2 Å². The Labute approximate surface area is 132 Å². The van der Waals surface area contributed by atoms with E-state index in [2.05, 4.69) is 10.6 Å². The molecule has 0 aliphatic carbocycles. The van der Waals surface area contributed by atoms with Gasteiger partial charge in [0.15, 0.2) is 5.11 Å². The van der Waals surface area contributed by atoms with Crippen LogP contribution >= 0.6 is 24.0 Å². The maximum atomic E-state index is 13.4. The van der Waals surface area contributed by atoms with E-state index in [9.17, 15) is 4.39 Å². The van der Waals surface area contributed by atoms with Crippen LogP contribution < -0.4 is 10.6 Å². The molecule has 0 saturated heterocycles. The molecule has 1 aliphatic rings. The smallest absolute Gasteiger partial charge is 0.167 e. The number of halogens is 1. The van der Waals surface area contributed by atoms with Crippen LogP contribution in [0.5, 0.6) is 0 Å². The van der Waals surface area contributed by atoms with E-state index in [0.29, 0.717) is 11.7 Å². The molecule has 0 spiro atoms. The summed E-state index contributed by atoms with van der Waals surface area (Å²) in [6.07, 6.45) is 2.55. The van der Waals surface area contributed by atoms with Gasteiger partial charge in [-0.25, -0.2) is 4.39 Å². The minimum absolute atomic E-state index is 0.0496. The molecule has 1 aromatic carbocycles. The van der Waals surface area contributed by atoms with Gasteiger partial charge in [0.25, 0.3) is 0 Å². The first-order chi connectivity index (χ1) is 10.2. The first-order valence-corrected chi connectivity index (χ1v) is 8.11. The molecule has 1 aliphatic heterocycles. The molecule has 1 aromatic heterocycles. The van der Waals surface area contributed by atoms with Crippen molar-refractivity contribution >= 4 is 29.1 Å². The van der Waals surface area contributed by atoms with Crippen molar-refractivity contribution in [1.82, 2.24) is 10.6 Å². The van der Waals surface area contributed by atoms with Crippen LogP contribution in [0.2, 0.25) is 0 Å². The molecule has 0 saturated carbocycles. The molecule has 3 rings (SSSR count). The lowest BCUT2D eigenvalue weighted by Crippen LogP contribution is -2.38. The zero-order valence-corrected chi connectivity index (χ0v) is 12.9. The molecule has 21 heavy (non-hydrogen) atoms. The monoisotopic (exact) mass is 322 g/mol. The van der Waals surface area contributed by atoms with Crippen LogP contribution in [0.15, 0.2) is 45.9 Å². The van der Waals surface area contributed by atoms with Crippen molar-refractivity contribution in [3.8, 4) is 0 Å². The number of fused-ring (bicyclic) bond motifs is 1. The SMILES string of the molecule is Fc1ccc2c(c1)[C@H](NC(=S)NCc1ccco1)CCS2. The maximum absolute atomic E-state index is 13.4. The number of hydrogen-bond donors (Lipinski definition) is 2. The largest absolute Gasteiger partial charge is 0.467 e. The first-order valence-electron chi connectivity index (χ1n) is 6.71. The van der Waals surface area contributed by atoms with Crippen molar-refractivity contribution in [3.63, 3.8) is 0 Å². The lowest BCUT2D eigenvalue weighted by atomic mass is 10.0. The third-order valence-electron chi connectivity index (χ3n) is 3.32. The lowest BCUT2D eigenvalue weighted by molar-refractivity contribution is 0.500. The van der Waals surface area contributed by atoms with Crippen LogP contribution in [0.4, 0.5) is 4.39 Å². The quantitative estimate of drug-likeness (QED) is 0.844. The molecule has 0 fully saturated rings. The summed E-state index contributed by atoms with van der Waals surface area (Å²) in [6, 6.07) is 8.70. The fourth-order valence-corrected chi connectivity index (χ4v) is 3.63. The summed E-state index contributed by atoms with van der Waals surface area (Å²) in [5.41, 5.74) is 0.980. The Bertz CT molecular complexity index is 631. The molecule has 0 unspecified atom stereocenters. The Hall–Kier alpha value is -1.53. The Kier molecular flexibility index (Phi) is 4.45. The van der Waals surface area contributed by atoms with Gasteiger partial charge in [0.05, 0.1) is 18.8 Å². The van der Waals surface area contributed by atoms with Gasteiger partial charge in [-0.05, 0) is 54.5 Å². The van der Waals surface area contributed by atoms with E-state index in [-0.39, 0.29) is 11.9 Å². The van der Waals surface area contributed by atoms with Gasteiger partial charge in [-0.3, -0.25) is 0 Å². The van der Waals surface area contributed by atoms with Crippen LogP contribution in [0.3, 0.4) is 0 Å². The van der Waals surface area contributed by atoms with Crippen molar-refractivity contribution in [1.29, 1.82) is 0 Å². The number of furan rings is 1. The Morgan fingerprint density at radius 3 is 3.14 bits per heavy atom. The molecular weight excluding hydrogens is 307 g/mol. The Morgan fingerprint density at radius 2 is 2.33 bits per heavy atom. The standard InChI is InChI=1S/C15H15FN2OS2/c16-10-3-4-14-12(8-10)13(5-7-21-14)18-15(20)17-9-11-2-1-6-19-11/h1-4,6,8,13H,5,7,9H2,(H2,17,18,20)/t13-/m1/s1. The van der Waals surface area contributed by atoms with Crippen molar-refractivity contribution in [2.75, 3.05) is 5.75 Å². The zero-order chi connectivity index (χ0) is 14.7. The molecule has 3 nitrogen and oxygen atoms in total. The van der Waals surface area contributed by atoms with Crippen molar-refractivity contribution in [2.45, 2.75) is 23.9 Å². The fraction of sp³-hybridized carbons (Fsp3) is 0.267. The molecule has 2 heterocycles. The van der Waals surface area contributed by atoms with Gasteiger partial charge in [0, 0.05) is 10.6 Å². The van der Waals surface area contributed by atoms with E-state index in [1.165, 1.54) is 6.07 Å². The molecule has 1 atom stereocenters. The highest BCUT2D eigenvalue weighted by Crippen LogP contribution is 2.36. The average molecular weight is 322 g/mol. The van der Waals surface area contributed by atoms with E-state index in [1.807, 2.05) is 18.2 Å². The summed E-state index contributed by atoms with van der Waals surface area (Å²) in [5, 5.41) is 6.92. The van der Waals surface area contributed by atoms with Gasteiger partial charge in [0.1, 0.15) is 11.6 Å². The van der Waals surface area contributed by atoms with Crippen molar-refractivity contribution < 1.29 is 8.81 Å². The van der Waals surface area contributed by atoms with Crippen LogP contribution in [-0.2, 0) is 6.54 Å². The number of nitrogens with one attached hydrogen (secondary N) is 2. The van der Waals surface area contributed by atoms with Gasteiger partial charge in [-0.1, -0.05) is 0 Å². The third kappa shape index (κ3) is 3.57. The van der Waals surface area contributed by atoms with Gasteiger partial charge >= 0.3 is 0 Å². The number of thiocarbonyl (C=S) groups is 1. The first kappa shape index (κ1) is 14.4. The minimum Gasteiger partial charge on any atom is -0.467 e. The van der Waals surface area contributed by atoms with E-state index in [1.54, 1.807) is 24.1 Å². The Balaban J connectivity index is 1.63. The molecule has 6 heteroatoms. The predicted octanol–water partition coefficient (Wildman–Crippen LogP) is 3.62. The van der Waals surface area contributed by atoms with Gasteiger partial charge < -0.3 is 15.1 Å². The van der Waals surface area contributed by atoms with Crippen LogP contribution in [0.25, 0.3) is 0 Å². The highest BCUT2D eigenvalue weighted by molar-refractivity contribution is 7.99. The summed E-state index contributed by atoms with van der Waals surface area (Å²) in [4.78, 5) is 1.12. The highest BCUT2D eigenvalue weighted by Gasteiger charge is 2.21. The van der Waals surface area contributed by atoms with Gasteiger partial charge in [-0.2, -0.15) is 0 Å². The van der Waals surface area contributed by atoms with Crippen molar-refractivity contribution in [2.24, 2.45) is 0 Å². The maximum Gasteiger partial charge on any atom is 0.167 e. The molecule has 0 amide bonds. The molecule has 110 valence electrons. The molecule has 2 aromatic rings. The Morgan fingerprint density at radius 1 is 1.43 bits per heavy atom. The minimum atomic E-state index is -0.211. The predicted molar refractivity (Wildman–Crippen MR) is 85.8 cm³/mol. The molecule has 0 radical (unpaired) electrons. The molecule has 0 bridgehead atoms. The van der Waals surface area contributed by atoms with Crippen molar-refractivity contribution in [3.05, 3.63) is 53.7 Å². The summed E-state index contributed by atoms with van der Waals surface area (Å²) in [6.45, 7) is 0.538. The average Bonchev–Trinajstić information content (AvgIpc) is 2.99. The zero-order valence-electron chi connectivity index (χ0n) is 11.3. The second-order valence-corrected chi connectivity index (χ2v) is 6.32. The summed E-state index contributed by atoms with van der Waals surface area (Å²) >= 11 is 7.06. The van der Waals surface area contributed by atoms with Gasteiger partial charge in [0.2, 0.25) is 0 Å². The van der Waals surface area contributed by atoms with Crippen LogP contribution in [0, 0.1) is 5.82 Å². The normalized spacial score (nSPS) is 17.1. The summed E-state index contributed by atoms with van der Waals surface area (Å²) < 4.78 is 18.7. The lowest BCUT2D eigenvalue weighted by Gasteiger charge is -2.27. The van der Waals surface area contributed by atoms with E-state index < -0.39 is 0 Å².